The fraction of sp³-hybridized carbons (Fsp3) is 0.833. The van der Waals surface area contributed by atoms with E-state index in [-0.39, 0.29) is 0 Å². The lowest BCUT2D eigenvalue weighted by Gasteiger charge is -2.23. The highest BCUT2D eigenvalue weighted by molar-refractivity contribution is 9.11. The minimum Gasteiger partial charge on any atom is -0.300 e. The summed E-state index contributed by atoms with van der Waals surface area (Å²) in [6.07, 6.45) is 2.86. The third-order valence-electron chi connectivity index (χ3n) is 4.18. The maximum Gasteiger partial charge on any atom is 0.0294 e. The van der Waals surface area contributed by atoms with Crippen LogP contribution < -0.4 is 0 Å². The van der Waals surface area contributed by atoms with E-state index in [0.29, 0.717) is 0 Å². The summed E-state index contributed by atoms with van der Waals surface area (Å²) in [5, 5.41) is 0. The second kappa shape index (κ2) is 3.86. The Kier molecular flexibility index (Phi) is 2.65. The first kappa shape index (κ1) is 10.3. The van der Waals surface area contributed by atoms with E-state index < -0.39 is 0 Å². The molecule has 0 amide bonds. The van der Waals surface area contributed by atoms with Crippen LogP contribution in [0.25, 0.3) is 0 Å². The number of piperidine rings is 1. The van der Waals surface area contributed by atoms with Gasteiger partial charge in [-0.05, 0) is 37.8 Å². The lowest BCUT2D eigenvalue weighted by molar-refractivity contribution is 0.238. The molecule has 0 aromatic rings. The van der Waals surface area contributed by atoms with Crippen LogP contribution >= 0.6 is 15.9 Å². The van der Waals surface area contributed by atoms with Gasteiger partial charge in [0.15, 0.2) is 0 Å². The van der Waals surface area contributed by atoms with Crippen LogP contribution in [-0.4, -0.2) is 48.6 Å². The van der Waals surface area contributed by atoms with Crippen LogP contribution in [-0.2, 0) is 0 Å². The molecule has 3 heteroatoms. The zero-order valence-corrected chi connectivity index (χ0v) is 10.7. The Morgan fingerprint density at radius 2 is 1.80 bits per heavy atom. The molecule has 1 aliphatic carbocycles. The fourth-order valence-electron chi connectivity index (χ4n) is 3.54. The molecule has 3 fully saturated rings. The van der Waals surface area contributed by atoms with Gasteiger partial charge in [0.1, 0.15) is 0 Å². The van der Waals surface area contributed by atoms with Crippen molar-refractivity contribution in [2.24, 2.45) is 11.8 Å². The number of hydrogen-bond acceptors (Lipinski definition) is 2. The summed E-state index contributed by atoms with van der Waals surface area (Å²) in [5.74, 6) is 1.96. The molecule has 2 unspecified atom stereocenters. The largest absolute Gasteiger partial charge is 0.300 e. The van der Waals surface area contributed by atoms with Gasteiger partial charge < -0.3 is 0 Å². The second-order valence-electron chi connectivity index (χ2n) is 5.27. The van der Waals surface area contributed by atoms with Crippen molar-refractivity contribution in [1.82, 2.24) is 9.80 Å². The van der Waals surface area contributed by atoms with Gasteiger partial charge in [0.2, 0.25) is 0 Å². The summed E-state index contributed by atoms with van der Waals surface area (Å²) >= 11 is 3.45. The average molecular weight is 271 g/mol. The van der Waals surface area contributed by atoms with E-state index in [1.54, 1.807) is 0 Å². The SMILES string of the molecule is C=C(Br)CN1CC2C(C1)C2N1CCCC1. The van der Waals surface area contributed by atoms with E-state index in [1.807, 2.05) is 0 Å². The Hall–Kier alpha value is 0.140. The summed E-state index contributed by atoms with van der Waals surface area (Å²) in [4.78, 5) is 5.27. The smallest absolute Gasteiger partial charge is 0.0294 e. The van der Waals surface area contributed by atoms with Gasteiger partial charge in [-0.15, -0.1) is 0 Å². The van der Waals surface area contributed by atoms with Crippen molar-refractivity contribution in [3.05, 3.63) is 11.1 Å². The molecule has 2 heterocycles. The van der Waals surface area contributed by atoms with Crippen molar-refractivity contribution in [3.8, 4) is 0 Å². The van der Waals surface area contributed by atoms with Crippen molar-refractivity contribution in [1.29, 1.82) is 0 Å². The standard InChI is InChI=1S/C12H19BrN2/c1-9(13)6-14-7-10-11(8-14)12(10)15-4-2-3-5-15/h10-12H,1-8H2. The summed E-state index contributed by atoms with van der Waals surface area (Å²) < 4.78 is 1.13. The van der Waals surface area contributed by atoms with Gasteiger partial charge in [-0.2, -0.15) is 0 Å². The molecule has 2 aliphatic heterocycles. The highest BCUT2D eigenvalue weighted by Crippen LogP contribution is 2.49. The van der Waals surface area contributed by atoms with Gasteiger partial charge in [0, 0.05) is 30.2 Å². The maximum absolute atomic E-state index is 3.92. The van der Waals surface area contributed by atoms with Crippen molar-refractivity contribution in [2.45, 2.75) is 18.9 Å². The minimum absolute atomic E-state index is 0.951. The van der Waals surface area contributed by atoms with Crippen LogP contribution in [0.1, 0.15) is 12.8 Å². The normalized spacial score (nSPS) is 40.7. The molecule has 2 saturated heterocycles. The molecule has 0 radical (unpaired) electrons. The molecule has 0 spiro atoms. The number of likely N-dealkylation sites (tertiary alicyclic amines) is 2. The van der Waals surface area contributed by atoms with Crippen LogP contribution in [0.15, 0.2) is 11.1 Å². The van der Waals surface area contributed by atoms with Crippen molar-refractivity contribution < 1.29 is 0 Å². The summed E-state index contributed by atoms with van der Waals surface area (Å²) in [5.41, 5.74) is 0. The third-order valence-corrected chi connectivity index (χ3v) is 4.43. The average Bonchev–Trinajstić information content (AvgIpc) is 2.64. The molecule has 0 bridgehead atoms. The second-order valence-corrected chi connectivity index (χ2v) is 6.39. The fourth-order valence-corrected chi connectivity index (χ4v) is 3.89. The van der Waals surface area contributed by atoms with Gasteiger partial charge in [-0.1, -0.05) is 22.5 Å². The Morgan fingerprint density at radius 3 is 2.33 bits per heavy atom. The van der Waals surface area contributed by atoms with Crippen LogP contribution in [0.2, 0.25) is 0 Å². The first-order valence-corrected chi connectivity index (χ1v) is 6.84. The molecule has 2 nitrogen and oxygen atoms in total. The Bertz CT molecular complexity index is 261. The molecular weight excluding hydrogens is 252 g/mol. The highest BCUT2D eigenvalue weighted by atomic mass is 79.9. The van der Waals surface area contributed by atoms with Crippen molar-refractivity contribution in [3.63, 3.8) is 0 Å². The topological polar surface area (TPSA) is 6.48 Å². The minimum atomic E-state index is 0.951. The zero-order chi connectivity index (χ0) is 10.4. The van der Waals surface area contributed by atoms with Crippen LogP contribution in [0.5, 0.6) is 0 Å². The molecule has 1 saturated carbocycles. The van der Waals surface area contributed by atoms with Gasteiger partial charge in [0.25, 0.3) is 0 Å². The lowest BCUT2D eigenvalue weighted by Crippen LogP contribution is -2.33. The van der Waals surface area contributed by atoms with Gasteiger partial charge in [0.05, 0.1) is 0 Å². The molecule has 15 heavy (non-hydrogen) atoms. The predicted octanol–water partition coefficient (Wildman–Crippen LogP) is 1.92. The van der Waals surface area contributed by atoms with Gasteiger partial charge in [-0.3, -0.25) is 9.80 Å². The van der Waals surface area contributed by atoms with Crippen molar-refractivity contribution in [2.75, 3.05) is 32.7 Å². The van der Waals surface area contributed by atoms with Gasteiger partial charge in [-0.25, -0.2) is 0 Å². The molecular formula is C12H19BrN2. The molecule has 0 N–H and O–H groups in total. The highest BCUT2D eigenvalue weighted by Gasteiger charge is 2.57. The first-order valence-electron chi connectivity index (χ1n) is 6.05. The number of fused-ring (bicyclic) bond motifs is 1. The number of hydrogen-bond donors (Lipinski definition) is 0. The number of nitrogens with zero attached hydrogens (tertiary/aromatic N) is 2. The van der Waals surface area contributed by atoms with Crippen LogP contribution in [0.3, 0.4) is 0 Å². The van der Waals surface area contributed by atoms with E-state index in [0.717, 1.165) is 28.9 Å². The maximum atomic E-state index is 3.92. The summed E-state index contributed by atoms with van der Waals surface area (Å²) in [6.45, 7) is 10.3. The van der Waals surface area contributed by atoms with E-state index in [9.17, 15) is 0 Å². The monoisotopic (exact) mass is 270 g/mol. The van der Waals surface area contributed by atoms with E-state index in [4.69, 9.17) is 0 Å². The van der Waals surface area contributed by atoms with E-state index in [2.05, 4.69) is 32.3 Å². The molecule has 3 aliphatic rings. The Labute approximate surface area is 100 Å². The lowest BCUT2D eigenvalue weighted by atomic mass is 10.3. The molecule has 0 aromatic heterocycles. The quantitative estimate of drug-likeness (QED) is 0.774. The molecule has 84 valence electrons. The summed E-state index contributed by atoms with van der Waals surface area (Å²) in [7, 11) is 0. The van der Waals surface area contributed by atoms with E-state index in [1.165, 1.54) is 39.0 Å². The summed E-state index contributed by atoms with van der Waals surface area (Å²) in [6, 6.07) is 0.951. The van der Waals surface area contributed by atoms with Crippen LogP contribution in [0, 0.1) is 11.8 Å². The zero-order valence-electron chi connectivity index (χ0n) is 9.16. The van der Waals surface area contributed by atoms with Crippen LogP contribution in [0.4, 0.5) is 0 Å². The number of rotatable bonds is 3. The molecule has 3 rings (SSSR count). The Morgan fingerprint density at radius 1 is 1.20 bits per heavy atom. The van der Waals surface area contributed by atoms with E-state index >= 15 is 0 Å². The predicted molar refractivity (Wildman–Crippen MR) is 66.1 cm³/mol. The first-order chi connectivity index (χ1) is 7.25. The molecule has 0 aromatic carbocycles. The van der Waals surface area contributed by atoms with Gasteiger partial charge >= 0.3 is 0 Å². The van der Waals surface area contributed by atoms with Crippen molar-refractivity contribution >= 4 is 15.9 Å². The molecule has 2 atom stereocenters. The Balaban J connectivity index is 1.50. The number of halogens is 1. The third kappa shape index (κ3) is 1.90.